The Bertz CT molecular complexity index is 779. The van der Waals surface area contributed by atoms with E-state index in [4.69, 9.17) is 4.74 Å². The van der Waals surface area contributed by atoms with Crippen LogP contribution in [0, 0.1) is 12.8 Å². The number of esters is 1. The van der Waals surface area contributed by atoms with Crippen molar-refractivity contribution in [3.05, 3.63) is 54.1 Å². The van der Waals surface area contributed by atoms with Crippen LogP contribution in [0.3, 0.4) is 0 Å². The molecular formula is C20H24F2N2O3. The van der Waals surface area contributed by atoms with Crippen molar-refractivity contribution in [2.24, 2.45) is 5.92 Å². The van der Waals surface area contributed by atoms with Gasteiger partial charge in [0, 0.05) is 37.7 Å². The van der Waals surface area contributed by atoms with Gasteiger partial charge >= 0.3 is 5.97 Å². The molecule has 1 aliphatic carbocycles. The van der Waals surface area contributed by atoms with E-state index in [-0.39, 0.29) is 19.4 Å². The summed E-state index contributed by atoms with van der Waals surface area (Å²) in [6.07, 6.45) is 3.27. The second kappa shape index (κ2) is 7.76. The van der Waals surface area contributed by atoms with Gasteiger partial charge in [-0.25, -0.2) is 18.6 Å². The van der Waals surface area contributed by atoms with Crippen molar-refractivity contribution in [2.75, 3.05) is 6.61 Å². The zero-order chi connectivity index (χ0) is 19.5. The highest BCUT2D eigenvalue weighted by molar-refractivity contribution is 5.81. The third-order valence-electron chi connectivity index (χ3n) is 5.22. The minimum Gasteiger partial charge on any atom is -0.463 e. The monoisotopic (exact) mass is 378 g/mol. The fourth-order valence-electron chi connectivity index (χ4n) is 3.67. The molecule has 0 aliphatic heterocycles. The molecule has 27 heavy (non-hydrogen) atoms. The van der Waals surface area contributed by atoms with Crippen molar-refractivity contribution in [1.29, 1.82) is 0 Å². The minimum absolute atomic E-state index is 0.0712. The summed E-state index contributed by atoms with van der Waals surface area (Å²) in [4.78, 5) is 16.9. The average molecular weight is 378 g/mol. The highest BCUT2D eigenvalue weighted by Crippen LogP contribution is 2.47. The number of rotatable bonds is 7. The van der Waals surface area contributed by atoms with Crippen LogP contribution in [0.5, 0.6) is 0 Å². The number of aromatic nitrogens is 2. The summed E-state index contributed by atoms with van der Waals surface area (Å²) in [7, 11) is 0. The Labute approximate surface area is 157 Å². The molecule has 5 nitrogen and oxygen atoms in total. The molecule has 1 aromatic carbocycles. The Balaban J connectivity index is 1.69. The van der Waals surface area contributed by atoms with Crippen LogP contribution >= 0.6 is 0 Å². The van der Waals surface area contributed by atoms with Crippen LogP contribution in [-0.2, 0) is 21.7 Å². The maximum Gasteiger partial charge on any atom is 0.343 e. The van der Waals surface area contributed by atoms with E-state index in [0.29, 0.717) is 18.5 Å². The van der Waals surface area contributed by atoms with Crippen LogP contribution in [0.4, 0.5) is 8.78 Å². The summed E-state index contributed by atoms with van der Waals surface area (Å²) in [5.41, 5.74) is -1.77. The molecule has 1 N–H and O–H groups in total. The van der Waals surface area contributed by atoms with E-state index in [0.717, 1.165) is 5.82 Å². The molecule has 0 radical (unpaired) electrons. The zero-order valence-corrected chi connectivity index (χ0v) is 15.3. The van der Waals surface area contributed by atoms with Gasteiger partial charge in [0.25, 0.3) is 0 Å². The lowest BCUT2D eigenvalue weighted by molar-refractivity contribution is -0.175. The van der Waals surface area contributed by atoms with Crippen LogP contribution in [0.2, 0.25) is 0 Å². The van der Waals surface area contributed by atoms with Crippen molar-refractivity contribution in [3.63, 3.8) is 0 Å². The molecule has 0 unspecified atom stereocenters. The molecule has 146 valence electrons. The second-order valence-electron chi connectivity index (χ2n) is 7.09. The first-order chi connectivity index (χ1) is 12.8. The van der Waals surface area contributed by atoms with Crippen LogP contribution in [0.1, 0.15) is 37.1 Å². The standard InChI is InChI=1S/C20H24F2N2O3/c1-15-23-10-12-24(15)11-5-13-27-18(25)20(26,16-6-3-2-4-7-16)17-8-9-19(21,22)14-17/h2-4,6-7,10,12,17,26H,5,8-9,11,13-14H2,1H3/t17-,20+/m1/s1. The molecule has 1 aromatic heterocycles. The molecule has 1 heterocycles. The summed E-state index contributed by atoms with van der Waals surface area (Å²) < 4.78 is 34.7. The van der Waals surface area contributed by atoms with Crippen LogP contribution < -0.4 is 0 Å². The molecular weight excluding hydrogens is 354 g/mol. The first kappa shape index (κ1) is 19.5. The summed E-state index contributed by atoms with van der Waals surface area (Å²) >= 11 is 0. The number of carbonyl (C=O) groups is 1. The maximum atomic E-state index is 13.7. The second-order valence-corrected chi connectivity index (χ2v) is 7.09. The van der Waals surface area contributed by atoms with E-state index in [1.165, 1.54) is 0 Å². The van der Waals surface area contributed by atoms with Crippen molar-refractivity contribution in [3.8, 4) is 0 Å². The normalized spacial score (nSPS) is 21.0. The molecule has 0 bridgehead atoms. The molecule has 3 rings (SSSR count). The number of hydrogen-bond donors (Lipinski definition) is 1. The van der Waals surface area contributed by atoms with Crippen LogP contribution in [-0.4, -0.2) is 33.2 Å². The van der Waals surface area contributed by atoms with Gasteiger partial charge in [0.2, 0.25) is 5.92 Å². The quantitative estimate of drug-likeness (QED) is 0.592. The van der Waals surface area contributed by atoms with E-state index in [1.807, 2.05) is 17.7 Å². The van der Waals surface area contributed by atoms with Gasteiger partial charge in [-0.2, -0.15) is 0 Å². The Morgan fingerprint density at radius 3 is 2.74 bits per heavy atom. The number of aryl methyl sites for hydroxylation is 2. The number of aliphatic hydroxyl groups is 1. The molecule has 0 spiro atoms. The van der Waals surface area contributed by atoms with Gasteiger partial charge in [-0.1, -0.05) is 30.3 Å². The van der Waals surface area contributed by atoms with E-state index in [9.17, 15) is 18.7 Å². The fourth-order valence-corrected chi connectivity index (χ4v) is 3.67. The predicted molar refractivity (Wildman–Crippen MR) is 95.2 cm³/mol. The predicted octanol–water partition coefficient (Wildman–Crippen LogP) is 3.45. The number of ether oxygens (including phenoxy) is 1. The number of halogens is 2. The Hall–Kier alpha value is -2.28. The number of carbonyl (C=O) groups excluding carboxylic acids is 1. The van der Waals surface area contributed by atoms with Crippen molar-refractivity contribution in [1.82, 2.24) is 9.55 Å². The van der Waals surface area contributed by atoms with Gasteiger partial charge in [0.1, 0.15) is 5.82 Å². The van der Waals surface area contributed by atoms with Crippen LogP contribution in [0.15, 0.2) is 42.7 Å². The van der Waals surface area contributed by atoms with Crippen molar-refractivity contribution in [2.45, 2.75) is 50.7 Å². The molecule has 0 saturated heterocycles. The first-order valence-electron chi connectivity index (χ1n) is 9.13. The fraction of sp³-hybridized carbons (Fsp3) is 0.500. The van der Waals surface area contributed by atoms with E-state index < -0.39 is 29.8 Å². The Morgan fingerprint density at radius 1 is 1.41 bits per heavy atom. The van der Waals surface area contributed by atoms with Gasteiger partial charge in [0.05, 0.1) is 6.61 Å². The van der Waals surface area contributed by atoms with Gasteiger partial charge < -0.3 is 14.4 Å². The smallest absolute Gasteiger partial charge is 0.343 e. The summed E-state index contributed by atoms with van der Waals surface area (Å²) in [6, 6.07) is 8.23. The topological polar surface area (TPSA) is 64.4 Å². The maximum absolute atomic E-state index is 13.7. The lowest BCUT2D eigenvalue weighted by Gasteiger charge is -2.32. The summed E-state index contributed by atoms with van der Waals surface area (Å²) in [5, 5.41) is 11.2. The highest BCUT2D eigenvalue weighted by Gasteiger charge is 2.54. The summed E-state index contributed by atoms with van der Waals surface area (Å²) in [6.45, 7) is 2.58. The van der Waals surface area contributed by atoms with Crippen molar-refractivity contribution >= 4 is 5.97 Å². The lowest BCUT2D eigenvalue weighted by atomic mass is 9.80. The van der Waals surface area contributed by atoms with E-state index >= 15 is 0 Å². The van der Waals surface area contributed by atoms with Crippen molar-refractivity contribution < 1.29 is 23.4 Å². The van der Waals surface area contributed by atoms with Gasteiger partial charge in [-0.3, -0.25) is 0 Å². The zero-order valence-electron chi connectivity index (χ0n) is 15.3. The first-order valence-corrected chi connectivity index (χ1v) is 9.13. The number of nitrogens with zero attached hydrogens (tertiary/aromatic N) is 2. The largest absolute Gasteiger partial charge is 0.463 e. The number of hydrogen-bond acceptors (Lipinski definition) is 4. The average Bonchev–Trinajstić information content (AvgIpc) is 3.23. The van der Waals surface area contributed by atoms with E-state index in [2.05, 4.69) is 4.98 Å². The van der Waals surface area contributed by atoms with Crippen LogP contribution in [0.25, 0.3) is 0 Å². The SMILES string of the molecule is Cc1nccn1CCCOC(=O)[C@](O)(c1ccccc1)[C@@H]1CCC(F)(F)C1. The number of benzene rings is 1. The van der Waals surface area contributed by atoms with Gasteiger partial charge in [0.15, 0.2) is 5.60 Å². The molecule has 2 atom stereocenters. The van der Waals surface area contributed by atoms with E-state index in [1.54, 1.807) is 36.5 Å². The third kappa shape index (κ3) is 4.18. The number of imidazole rings is 1. The lowest BCUT2D eigenvalue weighted by Crippen LogP contribution is -2.44. The van der Waals surface area contributed by atoms with Gasteiger partial charge in [-0.15, -0.1) is 0 Å². The number of alkyl halides is 2. The molecule has 1 fully saturated rings. The molecule has 1 saturated carbocycles. The Morgan fingerprint density at radius 2 is 2.15 bits per heavy atom. The summed E-state index contributed by atoms with van der Waals surface area (Å²) in [5.74, 6) is -3.75. The molecule has 1 aliphatic rings. The third-order valence-corrected chi connectivity index (χ3v) is 5.22. The molecule has 0 amide bonds. The van der Waals surface area contributed by atoms with Gasteiger partial charge in [-0.05, 0) is 25.3 Å². The molecule has 7 heteroatoms. The molecule has 2 aromatic rings. The Kier molecular flexibility index (Phi) is 5.60. The highest BCUT2D eigenvalue weighted by atomic mass is 19.3. The minimum atomic E-state index is -2.87.